The molecule has 3 aliphatic rings. The van der Waals surface area contributed by atoms with Crippen LogP contribution in [-0.4, -0.2) is 127 Å². The zero-order chi connectivity index (χ0) is 51.7. The van der Waals surface area contributed by atoms with Crippen LogP contribution >= 0.6 is 0 Å². The van der Waals surface area contributed by atoms with Gasteiger partial charge in [0.1, 0.15) is 42.3 Å². The number of amides is 1. The number of aromatic nitrogens is 3. The Hall–Kier alpha value is -5.40. The van der Waals surface area contributed by atoms with Crippen molar-refractivity contribution in [3.05, 3.63) is 83.6 Å². The number of benzene rings is 3. The van der Waals surface area contributed by atoms with Gasteiger partial charge in [-0.1, -0.05) is 90.8 Å². The predicted molar refractivity (Wildman–Crippen MR) is 285 cm³/mol. The molecular formula is C57H75F2N7O5Si. The second-order valence-corrected chi connectivity index (χ2v) is 28.2. The number of halogens is 2. The van der Waals surface area contributed by atoms with E-state index in [2.05, 4.69) is 106 Å². The number of hydrogen-bond acceptors (Lipinski definition) is 11. The van der Waals surface area contributed by atoms with Gasteiger partial charge in [-0.2, -0.15) is 9.97 Å². The van der Waals surface area contributed by atoms with Crippen LogP contribution in [0.15, 0.2) is 60.8 Å². The van der Waals surface area contributed by atoms with Gasteiger partial charge < -0.3 is 28.7 Å². The lowest BCUT2D eigenvalue weighted by molar-refractivity contribution is -0.00281. The average Bonchev–Trinajstić information content (AvgIpc) is 3.54. The molecule has 5 aromatic rings. The van der Waals surface area contributed by atoms with Crippen molar-refractivity contribution >= 4 is 41.7 Å². The summed E-state index contributed by atoms with van der Waals surface area (Å²) in [5.41, 5.74) is 5.18. The van der Waals surface area contributed by atoms with Gasteiger partial charge in [-0.25, -0.2) is 13.6 Å². The fourth-order valence-electron chi connectivity index (χ4n) is 11.8. The largest absolute Gasteiger partial charge is 0.468 e. The minimum Gasteiger partial charge on any atom is -0.468 e. The molecule has 3 atom stereocenters. The molecular weight excluding hydrogens is 929 g/mol. The van der Waals surface area contributed by atoms with E-state index in [-0.39, 0.29) is 47.6 Å². The summed E-state index contributed by atoms with van der Waals surface area (Å²) >= 11 is 0. The standard InChI is InChI=1S/C57H75F2N7O5Si/c1-37(2)72(38(3)4,39(5)6)27-21-45-48(58)19-18-42-28-44(70-36-68-12)29-46(49(42)45)51-50(59)52-47(30-60-51)53(65-33-43-20-22-57(11,35-65)66(43)55(67)71-56(8,9)10)62-54(61-52)69-34-40(7)31-63-23-25-64(26-24-63)32-41-16-14-13-15-17-41/h13-19,28-30,37-40,43H,20,22-26,31-36H2,1-12H3/t40-,43?,57?/m1/s1. The summed E-state index contributed by atoms with van der Waals surface area (Å²) in [6.45, 7) is 29.9. The molecule has 2 unspecified atom stereocenters. The van der Waals surface area contributed by atoms with Gasteiger partial charge in [-0.3, -0.25) is 14.8 Å². The Morgan fingerprint density at radius 3 is 2.26 bits per heavy atom. The van der Waals surface area contributed by atoms with Gasteiger partial charge in [0.15, 0.2) is 12.6 Å². The molecule has 0 radical (unpaired) electrons. The molecule has 3 aromatic carbocycles. The van der Waals surface area contributed by atoms with Gasteiger partial charge in [0, 0.05) is 82.5 Å². The van der Waals surface area contributed by atoms with Crippen LogP contribution in [0.5, 0.6) is 11.8 Å². The first-order valence-electron chi connectivity index (χ1n) is 25.9. The minimum absolute atomic E-state index is 0.0144. The van der Waals surface area contributed by atoms with E-state index in [0.717, 1.165) is 52.1 Å². The van der Waals surface area contributed by atoms with Crippen molar-refractivity contribution in [1.82, 2.24) is 29.7 Å². The van der Waals surface area contributed by atoms with E-state index < -0.39 is 30.8 Å². The lowest BCUT2D eigenvalue weighted by atomic mass is 9.95. The SMILES string of the molecule is COCOc1cc(-c2ncc3c(N4CC5CCC(C)(C4)N5C(=O)OC(C)(C)C)nc(OC[C@H](C)CN4CCN(Cc5ccccc5)CC4)nc3c2F)c2c(C#C[Si](C(C)C)(C(C)C)C(C)C)c(F)ccc2c1. The Morgan fingerprint density at radius 2 is 1.61 bits per heavy atom. The molecule has 8 rings (SSSR count). The highest BCUT2D eigenvalue weighted by molar-refractivity contribution is 6.90. The Labute approximate surface area is 426 Å². The molecule has 3 fully saturated rings. The van der Waals surface area contributed by atoms with E-state index in [0.29, 0.717) is 69.6 Å². The second kappa shape index (κ2) is 21.6. The van der Waals surface area contributed by atoms with Crippen LogP contribution in [0.3, 0.4) is 0 Å². The highest BCUT2D eigenvalue weighted by Gasteiger charge is 2.52. The Morgan fingerprint density at radius 1 is 0.917 bits per heavy atom. The molecule has 3 aliphatic heterocycles. The third-order valence-electron chi connectivity index (χ3n) is 15.1. The molecule has 5 heterocycles. The lowest BCUT2D eigenvalue weighted by Crippen LogP contribution is -2.63. The van der Waals surface area contributed by atoms with Crippen molar-refractivity contribution in [3.8, 4) is 34.5 Å². The van der Waals surface area contributed by atoms with Crippen molar-refractivity contribution in [3.63, 3.8) is 0 Å². The van der Waals surface area contributed by atoms with Crippen LogP contribution < -0.4 is 14.4 Å². The normalized spacial score (nSPS) is 19.4. The first kappa shape index (κ1) is 52.9. The molecule has 12 nitrogen and oxygen atoms in total. The summed E-state index contributed by atoms with van der Waals surface area (Å²) in [5.74, 6) is 3.12. The van der Waals surface area contributed by atoms with Crippen molar-refractivity contribution < 1.29 is 32.5 Å². The number of methoxy groups -OCH3 is 1. The molecule has 0 N–H and O–H groups in total. The molecule has 1 amide bonds. The molecule has 0 aliphatic carbocycles. The number of fused-ring (bicyclic) bond motifs is 4. The lowest BCUT2D eigenvalue weighted by Gasteiger charge is -2.47. The number of ether oxygens (including phenoxy) is 4. The average molecular weight is 1000 g/mol. The smallest absolute Gasteiger partial charge is 0.411 e. The second-order valence-electron chi connectivity index (χ2n) is 22.6. The monoisotopic (exact) mass is 1000 g/mol. The number of carbonyl (C=O) groups excluding carboxylic acids is 1. The van der Waals surface area contributed by atoms with Crippen LogP contribution in [0.1, 0.15) is 100 Å². The van der Waals surface area contributed by atoms with Crippen LogP contribution in [0.25, 0.3) is 32.9 Å². The minimum atomic E-state index is -2.33. The quantitative estimate of drug-likeness (QED) is 0.0569. The fourth-order valence-corrected chi connectivity index (χ4v) is 17.0. The highest BCUT2D eigenvalue weighted by Crippen LogP contribution is 2.45. The Balaban J connectivity index is 1.19. The summed E-state index contributed by atoms with van der Waals surface area (Å²) in [6, 6.07) is 17.0. The number of piperazine rings is 2. The Bertz CT molecular complexity index is 2780. The number of nitrogens with zero attached hydrogens (tertiary/aromatic N) is 7. The van der Waals surface area contributed by atoms with Crippen LogP contribution in [-0.2, 0) is 16.0 Å². The van der Waals surface area contributed by atoms with Crippen molar-refractivity contribution in [2.24, 2.45) is 5.92 Å². The molecule has 2 bridgehead atoms. The number of rotatable bonds is 15. The third kappa shape index (κ3) is 11.1. The van der Waals surface area contributed by atoms with Gasteiger partial charge in [0.25, 0.3) is 0 Å². The van der Waals surface area contributed by atoms with Gasteiger partial charge in [-0.15, -0.1) is 5.54 Å². The van der Waals surface area contributed by atoms with E-state index in [9.17, 15) is 4.79 Å². The predicted octanol–water partition coefficient (Wildman–Crippen LogP) is 11.5. The molecule has 0 saturated carbocycles. The number of pyridine rings is 1. The molecule has 3 saturated heterocycles. The van der Waals surface area contributed by atoms with E-state index >= 15 is 8.78 Å². The number of carbonyl (C=O) groups is 1. The third-order valence-corrected chi connectivity index (χ3v) is 21.4. The van der Waals surface area contributed by atoms with Crippen molar-refractivity contribution in [1.29, 1.82) is 0 Å². The van der Waals surface area contributed by atoms with E-state index in [4.69, 9.17) is 33.9 Å². The maximum absolute atomic E-state index is 18.1. The zero-order valence-electron chi connectivity index (χ0n) is 44.6. The van der Waals surface area contributed by atoms with E-state index in [1.165, 1.54) is 18.7 Å². The Kier molecular flexibility index (Phi) is 15.9. The van der Waals surface area contributed by atoms with Gasteiger partial charge in [0.05, 0.1) is 29.1 Å². The molecule has 2 aromatic heterocycles. The van der Waals surface area contributed by atoms with E-state index in [1.54, 1.807) is 24.4 Å². The van der Waals surface area contributed by atoms with Gasteiger partial charge in [0.2, 0.25) is 0 Å². The first-order chi connectivity index (χ1) is 34.2. The van der Waals surface area contributed by atoms with Crippen LogP contribution in [0.2, 0.25) is 16.6 Å². The maximum atomic E-state index is 18.1. The molecule has 15 heteroatoms. The van der Waals surface area contributed by atoms with E-state index in [1.807, 2.05) is 31.7 Å². The van der Waals surface area contributed by atoms with Gasteiger partial charge in [-0.05, 0) is 86.3 Å². The summed E-state index contributed by atoms with van der Waals surface area (Å²) in [7, 11) is -0.801. The molecule has 72 heavy (non-hydrogen) atoms. The van der Waals surface area contributed by atoms with Gasteiger partial charge >= 0.3 is 12.1 Å². The number of anilines is 1. The first-order valence-corrected chi connectivity index (χ1v) is 28.1. The molecule has 0 spiro atoms. The summed E-state index contributed by atoms with van der Waals surface area (Å²) in [4.78, 5) is 37.4. The zero-order valence-corrected chi connectivity index (χ0v) is 45.6. The molecule has 386 valence electrons. The summed E-state index contributed by atoms with van der Waals surface area (Å²) < 4.78 is 58.2. The van der Waals surface area contributed by atoms with Crippen molar-refractivity contribution in [2.45, 2.75) is 129 Å². The topological polar surface area (TPSA) is 106 Å². The highest BCUT2D eigenvalue weighted by atomic mass is 28.3. The number of hydrogen-bond donors (Lipinski definition) is 0. The van der Waals surface area contributed by atoms with Crippen molar-refractivity contribution in [2.75, 3.05) is 71.2 Å². The fraction of sp³-hybridized carbons (Fsp3) is 0.544. The summed E-state index contributed by atoms with van der Waals surface area (Å²) in [6.07, 6.45) is 2.80. The maximum Gasteiger partial charge on any atom is 0.411 e. The van der Waals surface area contributed by atoms with Crippen LogP contribution in [0.4, 0.5) is 19.4 Å². The summed E-state index contributed by atoms with van der Waals surface area (Å²) in [5, 5.41) is 1.44. The van der Waals surface area contributed by atoms with Crippen LogP contribution in [0, 0.1) is 29.0 Å².